The van der Waals surface area contributed by atoms with Gasteiger partial charge in [-0.1, -0.05) is 22.0 Å². The molecule has 13 heavy (non-hydrogen) atoms. The number of ketones is 1. The average molecular weight is 246 g/mol. The number of carbonyl (C=O) groups excluding carboxylic acids is 1. The summed E-state index contributed by atoms with van der Waals surface area (Å²) in [6.45, 7) is 1.67. The van der Waals surface area contributed by atoms with E-state index in [9.17, 15) is 9.18 Å². The van der Waals surface area contributed by atoms with Gasteiger partial charge in [0.05, 0.1) is 10.5 Å². The molecule has 1 rings (SSSR count). The molecule has 0 bridgehead atoms. The number of rotatable bonds is 2. The molecule has 4 heteroatoms. The van der Waals surface area contributed by atoms with Crippen molar-refractivity contribution in [1.29, 1.82) is 0 Å². The summed E-state index contributed by atoms with van der Waals surface area (Å²) in [5.41, 5.74) is 5.55. The highest BCUT2D eigenvalue weighted by molar-refractivity contribution is 9.10. The number of Topliss-reactive ketones (excluding diaryl/α,β-unsaturated/α-hetero) is 1. The van der Waals surface area contributed by atoms with Crippen LogP contribution in [0.15, 0.2) is 18.2 Å². The monoisotopic (exact) mass is 245 g/mol. The topological polar surface area (TPSA) is 43.1 Å². The average Bonchev–Trinajstić information content (AvgIpc) is 2.08. The fourth-order valence-electron chi connectivity index (χ4n) is 0.966. The summed E-state index contributed by atoms with van der Waals surface area (Å²) >= 11 is 3.11. The van der Waals surface area contributed by atoms with Gasteiger partial charge in [0, 0.05) is 5.56 Å². The van der Waals surface area contributed by atoms with Gasteiger partial charge in [0.25, 0.3) is 0 Å². The fraction of sp³-hybridized carbons (Fsp3) is 0.222. The Morgan fingerprint density at radius 3 is 2.77 bits per heavy atom. The van der Waals surface area contributed by atoms with E-state index in [-0.39, 0.29) is 21.9 Å². The van der Waals surface area contributed by atoms with Crippen LogP contribution in [-0.4, -0.2) is 10.6 Å². The van der Waals surface area contributed by atoms with Crippen molar-refractivity contribution in [3.63, 3.8) is 0 Å². The highest BCUT2D eigenvalue weighted by Gasteiger charge is 2.16. The minimum atomic E-state index is -0.556. The number of hydrogen-bond donors (Lipinski definition) is 1. The Bertz CT molecular complexity index is 338. The minimum absolute atomic E-state index is 0.0844. The van der Waals surface area contributed by atoms with E-state index in [1.807, 2.05) is 0 Å². The second-order valence-corrected chi connectivity index (χ2v) is 4.05. The van der Waals surface area contributed by atoms with Gasteiger partial charge < -0.3 is 5.73 Å². The van der Waals surface area contributed by atoms with Crippen LogP contribution in [-0.2, 0) is 0 Å². The molecule has 0 aliphatic rings. The summed E-state index contributed by atoms with van der Waals surface area (Å²) in [5, 5.41) is 0. The first kappa shape index (κ1) is 10.2. The van der Waals surface area contributed by atoms with Crippen molar-refractivity contribution in [2.45, 2.75) is 11.8 Å². The molecule has 0 saturated heterocycles. The zero-order valence-electron chi connectivity index (χ0n) is 7.05. The Morgan fingerprint density at radius 2 is 2.23 bits per heavy atom. The molecule has 70 valence electrons. The lowest BCUT2D eigenvalue weighted by atomic mass is 10.1. The van der Waals surface area contributed by atoms with Crippen molar-refractivity contribution in [1.82, 2.24) is 0 Å². The number of anilines is 1. The molecular formula is C9H9BrFNO. The Balaban J connectivity index is 3.15. The van der Waals surface area contributed by atoms with E-state index in [4.69, 9.17) is 5.73 Å². The molecule has 1 aromatic rings. The number of halogens is 2. The van der Waals surface area contributed by atoms with Crippen LogP contribution in [0.3, 0.4) is 0 Å². The van der Waals surface area contributed by atoms with Crippen LogP contribution in [0.5, 0.6) is 0 Å². The van der Waals surface area contributed by atoms with Gasteiger partial charge in [-0.05, 0) is 19.1 Å². The maximum absolute atomic E-state index is 12.9. The van der Waals surface area contributed by atoms with Crippen LogP contribution < -0.4 is 5.73 Å². The summed E-state index contributed by atoms with van der Waals surface area (Å²) in [6, 6.07) is 4.21. The molecule has 1 aromatic carbocycles. The lowest BCUT2D eigenvalue weighted by molar-refractivity contribution is 0.0996. The van der Waals surface area contributed by atoms with Crippen LogP contribution in [0.2, 0.25) is 0 Å². The number of benzene rings is 1. The Morgan fingerprint density at radius 1 is 1.62 bits per heavy atom. The molecule has 0 aliphatic carbocycles. The molecule has 1 atom stereocenters. The van der Waals surface area contributed by atoms with Gasteiger partial charge in [-0.25, -0.2) is 4.39 Å². The number of carbonyl (C=O) groups is 1. The number of hydrogen-bond acceptors (Lipinski definition) is 2. The highest BCUT2D eigenvalue weighted by Crippen LogP contribution is 2.19. The molecule has 0 fully saturated rings. The molecule has 2 N–H and O–H groups in total. The number of nitrogens with two attached hydrogens (primary N) is 1. The second-order valence-electron chi connectivity index (χ2n) is 2.68. The first-order chi connectivity index (χ1) is 6.04. The van der Waals surface area contributed by atoms with Gasteiger partial charge >= 0.3 is 0 Å². The highest BCUT2D eigenvalue weighted by atomic mass is 79.9. The van der Waals surface area contributed by atoms with E-state index in [2.05, 4.69) is 15.9 Å². The molecule has 0 amide bonds. The van der Waals surface area contributed by atoms with Gasteiger partial charge in [-0.3, -0.25) is 4.79 Å². The van der Waals surface area contributed by atoms with Crippen molar-refractivity contribution < 1.29 is 9.18 Å². The molecule has 0 heterocycles. The van der Waals surface area contributed by atoms with Crippen LogP contribution >= 0.6 is 15.9 Å². The van der Waals surface area contributed by atoms with E-state index in [1.165, 1.54) is 18.2 Å². The maximum Gasteiger partial charge on any atom is 0.178 e. The predicted molar refractivity (Wildman–Crippen MR) is 53.5 cm³/mol. The molecule has 0 aromatic heterocycles. The summed E-state index contributed by atoms with van der Waals surface area (Å²) in [6.07, 6.45) is 0. The summed E-state index contributed by atoms with van der Waals surface area (Å²) in [4.78, 5) is 11.1. The maximum atomic E-state index is 12.9. The standard InChI is InChI=1S/C9H9BrFNO/c1-5(10)9(13)6-3-2-4-7(11)8(6)12/h2-5H,12H2,1H3. The number of nitrogen functional groups attached to an aromatic ring is 1. The molecule has 0 aliphatic heterocycles. The van der Waals surface area contributed by atoms with Crippen molar-refractivity contribution >= 4 is 27.4 Å². The van der Waals surface area contributed by atoms with Crippen LogP contribution in [0.4, 0.5) is 10.1 Å². The third kappa shape index (κ3) is 2.06. The molecule has 0 saturated carbocycles. The Hall–Kier alpha value is -0.900. The molecule has 2 nitrogen and oxygen atoms in total. The molecule has 1 unspecified atom stereocenters. The smallest absolute Gasteiger partial charge is 0.178 e. The summed E-state index contributed by atoms with van der Waals surface area (Å²) < 4.78 is 12.9. The normalized spacial score (nSPS) is 12.5. The van der Waals surface area contributed by atoms with Crippen molar-refractivity contribution in [2.75, 3.05) is 5.73 Å². The lowest BCUT2D eigenvalue weighted by Crippen LogP contribution is -2.13. The third-order valence-corrected chi connectivity index (χ3v) is 2.10. The van der Waals surface area contributed by atoms with E-state index < -0.39 is 5.82 Å². The van der Waals surface area contributed by atoms with Gasteiger partial charge in [0.15, 0.2) is 5.78 Å². The van der Waals surface area contributed by atoms with Crippen molar-refractivity contribution in [3.8, 4) is 0 Å². The van der Waals surface area contributed by atoms with Gasteiger partial charge in [-0.15, -0.1) is 0 Å². The third-order valence-electron chi connectivity index (χ3n) is 1.68. The zero-order valence-corrected chi connectivity index (χ0v) is 8.64. The van der Waals surface area contributed by atoms with Crippen molar-refractivity contribution in [2.24, 2.45) is 0 Å². The largest absolute Gasteiger partial charge is 0.396 e. The lowest BCUT2D eigenvalue weighted by Gasteiger charge is -2.06. The van der Waals surface area contributed by atoms with Crippen LogP contribution in [0, 0.1) is 5.82 Å². The van der Waals surface area contributed by atoms with Crippen molar-refractivity contribution in [3.05, 3.63) is 29.6 Å². The van der Waals surface area contributed by atoms with E-state index >= 15 is 0 Å². The zero-order chi connectivity index (χ0) is 10.0. The number of para-hydroxylation sites is 1. The molecular weight excluding hydrogens is 237 g/mol. The van der Waals surface area contributed by atoms with Gasteiger partial charge in [0.1, 0.15) is 5.82 Å². The van der Waals surface area contributed by atoms with Crippen LogP contribution in [0.1, 0.15) is 17.3 Å². The first-order valence-electron chi connectivity index (χ1n) is 3.76. The fourth-order valence-corrected chi connectivity index (χ4v) is 1.21. The summed E-state index contributed by atoms with van der Waals surface area (Å²) in [7, 11) is 0. The van der Waals surface area contributed by atoms with Crippen LogP contribution in [0.25, 0.3) is 0 Å². The SMILES string of the molecule is CC(Br)C(=O)c1cccc(F)c1N. The van der Waals surface area contributed by atoms with Gasteiger partial charge in [0.2, 0.25) is 0 Å². The molecule has 0 radical (unpaired) electrons. The van der Waals surface area contributed by atoms with E-state index in [1.54, 1.807) is 6.92 Å². The Labute approximate surface area is 84.1 Å². The van der Waals surface area contributed by atoms with E-state index in [0.717, 1.165) is 0 Å². The minimum Gasteiger partial charge on any atom is -0.396 e. The Kier molecular flexibility index (Phi) is 3.03. The first-order valence-corrected chi connectivity index (χ1v) is 4.68. The second kappa shape index (κ2) is 3.87. The predicted octanol–water partition coefficient (Wildman–Crippen LogP) is 2.37. The van der Waals surface area contributed by atoms with E-state index in [0.29, 0.717) is 0 Å². The number of alkyl halides is 1. The summed E-state index contributed by atoms with van der Waals surface area (Å²) in [5.74, 6) is -0.768. The molecule has 0 spiro atoms. The quantitative estimate of drug-likeness (QED) is 0.494. The van der Waals surface area contributed by atoms with Gasteiger partial charge in [-0.2, -0.15) is 0 Å².